The molecule has 2 aromatic rings. The highest BCUT2D eigenvalue weighted by molar-refractivity contribution is 9.10. The maximum atomic E-state index is 11.4. The zero-order chi connectivity index (χ0) is 14.8. The van der Waals surface area contributed by atoms with E-state index in [4.69, 9.17) is 0 Å². The van der Waals surface area contributed by atoms with Crippen molar-refractivity contribution in [2.75, 3.05) is 5.32 Å². The maximum Gasteiger partial charge on any atom is 0.339 e. The molecule has 6 heteroatoms. The van der Waals surface area contributed by atoms with Crippen LogP contribution in [0.25, 0.3) is 0 Å². The van der Waals surface area contributed by atoms with Crippen LogP contribution in [0.5, 0.6) is 0 Å². The Hall–Kier alpha value is -1.40. The number of anilines is 1. The molecular weight excluding hydrogens is 352 g/mol. The van der Waals surface area contributed by atoms with Crippen molar-refractivity contribution in [3.05, 3.63) is 43.7 Å². The monoisotopic (exact) mass is 366 g/mol. The second-order valence-corrected chi connectivity index (χ2v) is 7.00. The van der Waals surface area contributed by atoms with E-state index in [1.54, 1.807) is 17.4 Å². The smallest absolute Gasteiger partial charge is 0.339 e. The quantitative estimate of drug-likeness (QED) is 0.854. The van der Waals surface area contributed by atoms with E-state index in [1.165, 1.54) is 0 Å². The number of aromatic carboxylic acids is 1. The van der Waals surface area contributed by atoms with Crippen LogP contribution in [0.4, 0.5) is 5.82 Å². The van der Waals surface area contributed by atoms with Gasteiger partial charge in [-0.15, -0.1) is 11.3 Å². The summed E-state index contributed by atoms with van der Waals surface area (Å²) in [6.07, 6.45) is 4.11. The van der Waals surface area contributed by atoms with Crippen LogP contribution in [0, 0.1) is 0 Å². The van der Waals surface area contributed by atoms with Crippen molar-refractivity contribution in [3.8, 4) is 0 Å². The van der Waals surface area contributed by atoms with Crippen molar-refractivity contribution in [2.24, 2.45) is 0 Å². The maximum absolute atomic E-state index is 11.4. The summed E-state index contributed by atoms with van der Waals surface area (Å²) in [4.78, 5) is 17.1. The standard InChI is InChI=1S/C15H15BrN2O2S/c16-10-6-11(21-8-10)7-17-14-12(15(19)20)5-9-3-1-2-4-13(9)18-14/h5-6,8H,1-4,7H2,(H,17,18)(H,19,20). The summed E-state index contributed by atoms with van der Waals surface area (Å²) in [6, 6.07) is 3.81. The summed E-state index contributed by atoms with van der Waals surface area (Å²) in [5.74, 6) is -0.446. The molecule has 0 bridgehead atoms. The van der Waals surface area contributed by atoms with Gasteiger partial charge in [-0.05, 0) is 59.3 Å². The van der Waals surface area contributed by atoms with Crippen LogP contribution in [0.1, 0.15) is 39.3 Å². The molecule has 1 aliphatic carbocycles. The zero-order valence-corrected chi connectivity index (χ0v) is 13.8. The minimum Gasteiger partial charge on any atom is -0.478 e. The van der Waals surface area contributed by atoms with Crippen molar-refractivity contribution in [1.29, 1.82) is 0 Å². The predicted molar refractivity (Wildman–Crippen MR) is 87.2 cm³/mol. The number of hydrogen-bond donors (Lipinski definition) is 2. The third-order valence-electron chi connectivity index (χ3n) is 3.58. The number of nitrogens with one attached hydrogen (secondary N) is 1. The minimum absolute atomic E-state index is 0.270. The van der Waals surface area contributed by atoms with Crippen molar-refractivity contribution >= 4 is 39.1 Å². The van der Waals surface area contributed by atoms with Crippen molar-refractivity contribution in [3.63, 3.8) is 0 Å². The Morgan fingerprint density at radius 1 is 1.38 bits per heavy atom. The van der Waals surface area contributed by atoms with E-state index in [9.17, 15) is 9.90 Å². The van der Waals surface area contributed by atoms with Gasteiger partial charge in [0.05, 0.1) is 6.54 Å². The number of halogens is 1. The first-order chi connectivity index (χ1) is 10.1. The Kier molecular flexibility index (Phi) is 4.26. The molecule has 0 fully saturated rings. The van der Waals surface area contributed by atoms with Gasteiger partial charge in [0.15, 0.2) is 0 Å². The SMILES string of the molecule is O=C(O)c1cc2c(nc1NCc1cc(Br)cs1)CCCC2. The predicted octanol–water partition coefficient (Wildman–Crippen LogP) is 4.09. The number of nitrogens with zero attached hydrogens (tertiary/aromatic N) is 1. The number of hydrogen-bond acceptors (Lipinski definition) is 4. The molecule has 0 spiro atoms. The molecule has 2 heterocycles. The van der Waals surface area contributed by atoms with E-state index in [-0.39, 0.29) is 5.56 Å². The second kappa shape index (κ2) is 6.15. The molecule has 0 aromatic carbocycles. The number of thiophene rings is 1. The van der Waals surface area contributed by atoms with Crippen LogP contribution in [-0.2, 0) is 19.4 Å². The lowest BCUT2D eigenvalue weighted by atomic mass is 9.95. The molecule has 4 nitrogen and oxygen atoms in total. The van der Waals surface area contributed by atoms with E-state index >= 15 is 0 Å². The minimum atomic E-state index is -0.925. The second-order valence-electron chi connectivity index (χ2n) is 5.09. The first kappa shape index (κ1) is 14.5. The summed E-state index contributed by atoms with van der Waals surface area (Å²) in [5, 5.41) is 14.6. The van der Waals surface area contributed by atoms with E-state index in [2.05, 4.69) is 26.2 Å². The van der Waals surface area contributed by atoms with Gasteiger partial charge >= 0.3 is 5.97 Å². The topological polar surface area (TPSA) is 62.2 Å². The van der Waals surface area contributed by atoms with Gasteiger partial charge < -0.3 is 10.4 Å². The van der Waals surface area contributed by atoms with Gasteiger partial charge in [0, 0.05) is 20.4 Å². The van der Waals surface area contributed by atoms with Crippen molar-refractivity contribution in [1.82, 2.24) is 4.98 Å². The van der Waals surface area contributed by atoms with Crippen LogP contribution in [-0.4, -0.2) is 16.1 Å². The van der Waals surface area contributed by atoms with Gasteiger partial charge in [-0.25, -0.2) is 9.78 Å². The summed E-state index contributed by atoms with van der Waals surface area (Å²) in [7, 11) is 0. The molecule has 0 atom stereocenters. The fourth-order valence-electron chi connectivity index (χ4n) is 2.55. The molecule has 3 rings (SSSR count). The first-order valence-electron chi connectivity index (χ1n) is 6.86. The molecule has 2 N–H and O–H groups in total. The number of fused-ring (bicyclic) bond motifs is 1. The Balaban J connectivity index is 1.87. The van der Waals surface area contributed by atoms with Gasteiger partial charge in [-0.3, -0.25) is 0 Å². The highest BCUT2D eigenvalue weighted by Gasteiger charge is 2.18. The van der Waals surface area contributed by atoms with E-state index in [0.29, 0.717) is 12.4 Å². The van der Waals surface area contributed by atoms with Gasteiger partial charge in [-0.1, -0.05) is 0 Å². The highest BCUT2D eigenvalue weighted by Crippen LogP contribution is 2.26. The average Bonchev–Trinajstić information content (AvgIpc) is 2.89. The van der Waals surface area contributed by atoms with Crippen LogP contribution in [0.3, 0.4) is 0 Å². The Bertz CT molecular complexity index is 684. The van der Waals surface area contributed by atoms with Crippen LogP contribution in [0.15, 0.2) is 22.0 Å². The van der Waals surface area contributed by atoms with E-state index < -0.39 is 5.97 Å². The van der Waals surface area contributed by atoms with Crippen LogP contribution in [0.2, 0.25) is 0 Å². The summed E-state index contributed by atoms with van der Waals surface area (Å²) in [5.41, 5.74) is 2.40. The van der Waals surface area contributed by atoms with Gasteiger partial charge in [0.2, 0.25) is 0 Å². The van der Waals surface area contributed by atoms with Gasteiger partial charge in [-0.2, -0.15) is 0 Å². The molecule has 1 aliphatic rings. The molecular formula is C15H15BrN2O2S. The molecule has 0 unspecified atom stereocenters. The molecule has 0 saturated heterocycles. The highest BCUT2D eigenvalue weighted by atomic mass is 79.9. The first-order valence-corrected chi connectivity index (χ1v) is 8.53. The summed E-state index contributed by atoms with van der Waals surface area (Å²) >= 11 is 5.05. The Labute approximate surface area is 135 Å². The Morgan fingerprint density at radius 3 is 2.90 bits per heavy atom. The van der Waals surface area contributed by atoms with Crippen LogP contribution < -0.4 is 5.32 Å². The lowest BCUT2D eigenvalue weighted by Gasteiger charge is -2.18. The molecule has 0 saturated carbocycles. The molecule has 0 amide bonds. The normalized spacial score (nSPS) is 13.8. The van der Waals surface area contributed by atoms with Crippen LogP contribution >= 0.6 is 27.3 Å². The lowest BCUT2D eigenvalue weighted by molar-refractivity contribution is 0.0697. The fraction of sp³-hybridized carbons (Fsp3) is 0.333. The Morgan fingerprint density at radius 2 is 2.19 bits per heavy atom. The fourth-order valence-corrected chi connectivity index (χ4v) is 3.94. The molecule has 2 aromatic heterocycles. The number of carboxylic acids is 1. The number of rotatable bonds is 4. The number of aromatic nitrogens is 1. The number of carboxylic acid groups (broad SMARTS) is 1. The number of aryl methyl sites for hydroxylation is 2. The lowest BCUT2D eigenvalue weighted by Crippen LogP contribution is -2.13. The average molecular weight is 367 g/mol. The summed E-state index contributed by atoms with van der Waals surface area (Å²) in [6.45, 7) is 0.586. The molecule has 21 heavy (non-hydrogen) atoms. The third-order valence-corrected chi connectivity index (χ3v) is 5.28. The van der Waals surface area contributed by atoms with Gasteiger partial charge in [0.1, 0.15) is 11.4 Å². The summed E-state index contributed by atoms with van der Waals surface area (Å²) < 4.78 is 1.04. The molecule has 0 aliphatic heterocycles. The van der Waals surface area contributed by atoms with E-state index in [0.717, 1.165) is 46.3 Å². The molecule has 0 radical (unpaired) electrons. The zero-order valence-electron chi connectivity index (χ0n) is 11.4. The number of pyridine rings is 1. The van der Waals surface area contributed by atoms with Gasteiger partial charge in [0.25, 0.3) is 0 Å². The third kappa shape index (κ3) is 3.27. The number of carbonyl (C=O) groups is 1. The molecule has 110 valence electrons. The largest absolute Gasteiger partial charge is 0.478 e. The van der Waals surface area contributed by atoms with Crippen molar-refractivity contribution < 1.29 is 9.90 Å². The van der Waals surface area contributed by atoms with Crippen molar-refractivity contribution in [2.45, 2.75) is 32.2 Å². The van der Waals surface area contributed by atoms with E-state index in [1.807, 2.05) is 11.4 Å².